The van der Waals surface area contributed by atoms with E-state index in [1.807, 2.05) is 49.0 Å². The molecule has 0 unspecified atom stereocenters. The van der Waals surface area contributed by atoms with Crippen molar-refractivity contribution in [3.05, 3.63) is 41.2 Å². The first kappa shape index (κ1) is 10.1. The highest BCUT2D eigenvalue weighted by Gasteiger charge is 2.02. The highest BCUT2D eigenvalue weighted by molar-refractivity contribution is 6.30. The van der Waals surface area contributed by atoms with Gasteiger partial charge in [-0.25, -0.2) is 4.98 Å². The number of halogens is 1. The van der Waals surface area contributed by atoms with Gasteiger partial charge in [-0.05, 0) is 25.1 Å². The third-order valence-electron chi connectivity index (χ3n) is 2.08. The number of aryl methyl sites for hydroxylation is 2. The van der Waals surface area contributed by atoms with Crippen LogP contribution in [0.15, 0.2) is 30.5 Å². The monoisotopic (exact) mass is 221 g/mol. The smallest absolute Gasteiger partial charge is 0.207 e. The van der Waals surface area contributed by atoms with Gasteiger partial charge in [0, 0.05) is 24.0 Å². The molecule has 15 heavy (non-hydrogen) atoms. The fourth-order valence-electron chi connectivity index (χ4n) is 1.43. The third-order valence-corrected chi connectivity index (χ3v) is 2.31. The Morgan fingerprint density at radius 2 is 2.20 bits per heavy atom. The minimum Gasteiger partial charge on any atom is -0.326 e. The Morgan fingerprint density at radius 3 is 2.80 bits per heavy atom. The molecule has 0 aliphatic carbocycles. The van der Waals surface area contributed by atoms with E-state index in [9.17, 15) is 0 Å². The van der Waals surface area contributed by atoms with Gasteiger partial charge < -0.3 is 9.88 Å². The highest BCUT2D eigenvalue weighted by atomic mass is 35.5. The number of benzene rings is 1. The summed E-state index contributed by atoms with van der Waals surface area (Å²) < 4.78 is 1.94. The van der Waals surface area contributed by atoms with Crippen LogP contribution in [-0.4, -0.2) is 9.55 Å². The number of anilines is 2. The SMILES string of the molecule is Cc1cn(C)c(Nc2cccc(Cl)c2)n1. The van der Waals surface area contributed by atoms with Gasteiger partial charge in [-0.3, -0.25) is 0 Å². The minimum atomic E-state index is 0.714. The van der Waals surface area contributed by atoms with Crippen molar-refractivity contribution in [3.8, 4) is 0 Å². The molecular formula is C11H12ClN3. The van der Waals surface area contributed by atoms with Crippen molar-refractivity contribution < 1.29 is 0 Å². The summed E-state index contributed by atoms with van der Waals surface area (Å²) in [6.45, 7) is 1.96. The van der Waals surface area contributed by atoms with E-state index in [-0.39, 0.29) is 0 Å². The van der Waals surface area contributed by atoms with Crippen LogP contribution < -0.4 is 5.32 Å². The van der Waals surface area contributed by atoms with E-state index in [4.69, 9.17) is 11.6 Å². The topological polar surface area (TPSA) is 29.9 Å². The minimum absolute atomic E-state index is 0.714. The fraction of sp³-hybridized carbons (Fsp3) is 0.182. The van der Waals surface area contributed by atoms with E-state index < -0.39 is 0 Å². The van der Waals surface area contributed by atoms with Gasteiger partial charge in [0.05, 0.1) is 5.69 Å². The molecule has 1 heterocycles. The van der Waals surface area contributed by atoms with Crippen LogP contribution in [0.3, 0.4) is 0 Å². The van der Waals surface area contributed by atoms with Gasteiger partial charge in [0.2, 0.25) is 5.95 Å². The summed E-state index contributed by atoms with van der Waals surface area (Å²) in [5.41, 5.74) is 1.93. The maximum atomic E-state index is 5.89. The molecule has 0 saturated carbocycles. The van der Waals surface area contributed by atoms with Crippen LogP contribution in [0, 0.1) is 6.92 Å². The maximum Gasteiger partial charge on any atom is 0.207 e. The molecule has 0 amide bonds. The van der Waals surface area contributed by atoms with Crippen LogP contribution >= 0.6 is 11.6 Å². The summed E-state index contributed by atoms with van der Waals surface area (Å²) in [6, 6.07) is 7.57. The number of aromatic nitrogens is 2. The zero-order chi connectivity index (χ0) is 10.8. The molecule has 0 aliphatic rings. The molecular weight excluding hydrogens is 210 g/mol. The normalized spacial score (nSPS) is 10.3. The second-order valence-electron chi connectivity index (χ2n) is 3.45. The van der Waals surface area contributed by atoms with Gasteiger partial charge in [0.1, 0.15) is 0 Å². The summed E-state index contributed by atoms with van der Waals surface area (Å²) in [5, 5.41) is 3.92. The van der Waals surface area contributed by atoms with Crippen molar-refractivity contribution in [2.24, 2.45) is 7.05 Å². The van der Waals surface area contributed by atoms with Crippen LogP contribution in [0.4, 0.5) is 11.6 Å². The van der Waals surface area contributed by atoms with E-state index in [1.54, 1.807) is 0 Å². The van der Waals surface area contributed by atoms with Crippen molar-refractivity contribution in [3.63, 3.8) is 0 Å². The largest absolute Gasteiger partial charge is 0.326 e. The molecule has 1 aromatic heterocycles. The number of hydrogen-bond acceptors (Lipinski definition) is 2. The number of imidazole rings is 1. The number of hydrogen-bond donors (Lipinski definition) is 1. The standard InChI is InChI=1S/C11H12ClN3/c1-8-7-15(2)11(13-8)14-10-5-3-4-9(12)6-10/h3-7H,1-2H3,(H,13,14). The highest BCUT2D eigenvalue weighted by Crippen LogP contribution is 2.19. The van der Waals surface area contributed by atoms with E-state index >= 15 is 0 Å². The van der Waals surface area contributed by atoms with Crippen molar-refractivity contribution in [1.82, 2.24) is 9.55 Å². The number of rotatable bonds is 2. The summed E-state index contributed by atoms with van der Waals surface area (Å²) in [7, 11) is 1.95. The van der Waals surface area contributed by atoms with Crippen molar-refractivity contribution in [2.75, 3.05) is 5.32 Å². The van der Waals surface area contributed by atoms with Crippen molar-refractivity contribution in [1.29, 1.82) is 0 Å². The molecule has 3 nitrogen and oxygen atoms in total. The van der Waals surface area contributed by atoms with Crippen LogP contribution in [-0.2, 0) is 7.05 Å². The quantitative estimate of drug-likeness (QED) is 0.845. The summed E-state index contributed by atoms with van der Waals surface area (Å²) in [6.07, 6.45) is 1.97. The molecule has 1 N–H and O–H groups in total. The molecule has 0 fully saturated rings. The summed E-state index contributed by atoms with van der Waals surface area (Å²) in [4.78, 5) is 4.34. The molecule has 0 aliphatic heterocycles. The number of nitrogens with one attached hydrogen (secondary N) is 1. The summed E-state index contributed by atoms with van der Waals surface area (Å²) >= 11 is 5.89. The number of nitrogens with zero attached hydrogens (tertiary/aromatic N) is 2. The average Bonchev–Trinajstić information content (AvgIpc) is 2.45. The lowest BCUT2D eigenvalue weighted by Crippen LogP contribution is -1.98. The van der Waals surface area contributed by atoms with Crippen molar-refractivity contribution >= 4 is 23.2 Å². The molecule has 0 saturated heterocycles. The Hall–Kier alpha value is -1.48. The summed E-state index contributed by atoms with van der Waals surface area (Å²) in [5.74, 6) is 0.815. The molecule has 1 aromatic carbocycles. The first-order valence-electron chi connectivity index (χ1n) is 4.68. The zero-order valence-corrected chi connectivity index (χ0v) is 9.42. The van der Waals surface area contributed by atoms with Crippen molar-refractivity contribution in [2.45, 2.75) is 6.92 Å². The van der Waals surface area contributed by atoms with Crippen LogP contribution in [0.1, 0.15) is 5.69 Å². The lowest BCUT2D eigenvalue weighted by atomic mass is 10.3. The first-order valence-corrected chi connectivity index (χ1v) is 5.05. The van der Waals surface area contributed by atoms with Crippen LogP contribution in [0.5, 0.6) is 0 Å². The lowest BCUT2D eigenvalue weighted by molar-refractivity contribution is 0.924. The fourth-order valence-corrected chi connectivity index (χ4v) is 1.62. The third kappa shape index (κ3) is 2.30. The second kappa shape index (κ2) is 3.95. The molecule has 2 aromatic rings. The predicted octanol–water partition coefficient (Wildman–Crippen LogP) is 3.13. The van der Waals surface area contributed by atoms with Gasteiger partial charge in [0.25, 0.3) is 0 Å². The Labute approximate surface area is 93.7 Å². The zero-order valence-electron chi connectivity index (χ0n) is 8.66. The van der Waals surface area contributed by atoms with E-state index in [0.717, 1.165) is 17.3 Å². The van der Waals surface area contributed by atoms with Gasteiger partial charge in [-0.15, -0.1) is 0 Å². The van der Waals surface area contributed by atoms with Gasteiger partial charge >= 0.3 is 0 Å². The lowest BCUT2D eigenvalue weighted by Gasteiger charge is -2.05. The Kier molecular flexibility index (Phi) is 2.64. The molecule has 2 rings (SSSR count). The predicted molar refractivity (Wildman–Crippen MR) is 62.7 cm³/mol. The first-order chi connectivity index (χ1) is 7.15. The molecule has 0 bridgehead atoms. The van der Waals surface area contributed by atoms with Crippen LogP contribution in [0.2, 0.25) is 5.02 Å². The van der Waals surface area contributed by atoms with Gasteiger partial charge in [-0.1, -0.05) is 17.7 Å². The van der Waals surface area contributed by atoms with E-state index in [0.29, 0.717) is 5.02 Å². The van der Waals surface area contributed by atoms with E-state index in [2.05, 4.69) is 10.3 Å². The maximum absolute atomic E-state index is 5.89. The van der Waals surface area contributed by atoms with Gasteiger partial charge in [-0.2, -0.15) is 0 Å². The second-order valence-corrected chi connectivity index (χ2v) is 3.89. The Bertz CT molecular complexity index is 476. The molecule has 0 radical (unpaired) electrons. The van der Waals surface area contributed by atoms with Gasteiger partial charge in [0.15, 0.2) is 0 Å². The average molecular weight is 222 g/mol. The Balaban J connectivity index is 2.25. The molecule has 4 heteroatoms. The van der Waals surface area contributed by atoms with E-state index in [1.165, 1.54) is 0 Å². The molecule has 0 spiro atoms. The van der Waals surface area contributed by atoms with Crippen LogP contribution in [0.25, 0.3) is 0 Å². The molecule has 0 atom stereocenters. The molecule has 78 valence electrons. The Morgan fingerprint density at radius 1 is 1.40 bits per heavy atom.